The first-order valence-electron chi connectivity index (χ1n) is 30.3. The van der Waals surface area contributed by atoms with E-state index in [0.717, 1.165) is 50.0 Å². The smallest absolute Gasteiger partial charge is 0.219 e. The van der Waals surface area contributed by atoms with Crippen LogP contribution in [0.4, 0.5) is 0 Å². The molecule has 3 nitrogen and oxygen atoms in total. The van der Waals surface area contributed by atoms with Crippen molar-refractivity contribution in [2.24, 2.45) is 23.7 Å². The standard InChI is InChI=1S/C24H38.C19H28N.C7H12.C5H10.C4H9NO.5C2H6.C2H2/c1-7-12-20(6)14-10-11-15-22(13-8-2)23-16-17-24(19(4)5)21(9-3)18-23;1-14-4-6-17-10-15(2)8-9-20(13-17)19-7-5-16(3)18(11-14)12-19;1-3-5-7-6-4-2;1-3-5-4-2;1-3-4(6)5-2;6*1-2/h15-18,20H,4,7-14H2,1-3,5-6H3;5,7,9-10,14-15,18H,4,6,8,11-13H2,1-3H3;3-4,6H,1,5,7H2,2H3;3H,1,4-5H2,2H3;3H2,1-2H3,(H,5,6);5*1-2H3;1-2H/q;+1;;;;;;;;;/b22-15+;;6-4-;;;;;;;;/t;14?,15?,18-;;;;;;;;;/m.1........./s1. The van der Waals surface area contributed by atoms with Gasteiger partial charge < -0.3 is 5.32 Å². The number of rotatable bonds is 17. The highest BCUT2D eigenvalue weighted by molar-refractivity contribution is 5.75. The van der Waals surface area contributed by atoms with Crippen LogP contribution in [0.25, 0.3) is 11.1 Å². The zero-order valence-electron chi connectivity index (χ0n) is 53.8. The molecule has 1 aromatic rings. The van der Waals surface area contributed by atoms with Crippen molar-refractivity contribution in [2.45, 2.75) is 261 Å². The quantitative estimate of drug-likeness (QED) is 0.0717. The minimum absolute atomic E-state index is 0.0926. The van der Waals surface area contributed by atoms with Gasteiger partial charge in [-0.15, -0.1) is 26.0 Å². The Labute approximate surface area is 466 Å². The fourth-order valence-electron chi connectivity index (χ4n) is 8.12. The highest BCUT2D eigenvalue weighted by Gasteiger charge is 2.28. The van der Waals surface area contributed by atoms with E-state index in [1.165, 1.54) is 117 Å². The van der Waals surface area contributed by atoms with E-state index in [1.54, 1.807) is 18.2 Å². The van der Waals surface area contributed by atoms with Gasteiger partial charge in [-0.25, -0.2) is 4.58 Å². The van der Waals surface area contributed by atoms with E-state index in [4.69, 9.17) is 0 Å². The number of terminal acetylenes is 1. The van der Waals surface area contributed by atoms with Gasteiger partial charge >= 0.3 is 0 Å². The van der Waals surface area contributed by atoms with Gasteiger partial charge in [-0.05, 0) is 136 Å². The van der Waals surface area contributed by atoms with Crippen molar-refractivity contribution in [3.05, 3.63) is 120 Å². The Balaban J connectivity index is -0.000000160. The number of amides is 1. The van der Waals surface area contributed by atoms with Crippen molar-refractivity contribution in [3.63, 3.8) is 0 Å². The lowest BCUT2D eigenvalue weighted by Crippen LogP contribution is -2.22. The Morgan fingerprint density at radius 1 is 0.851 bits per heavy atom. The summed E-state index contributed by atoms with van der Waals surface area (Å²) in [5.41, 5.74) is 11.6. The minimum Gasteiger partial charge on any atom is -0.359 e. The summed E-state index contributed by atoms with van der Waals surface area (Å²) < 4.78 is 2.54. The number of allylic oxidation sites excluding steroid dienone is 12. The summed E-state index contributed by atoms with van der Waals surface area (Å²) in [5, 5.41) is 2.48. The number of unbranched alkanes of at least 4 members (excludes halogenated alkanes) is 3. The van der Waals surface area contributed by atoms with E-state index in [9.17, 15) is 4.79 Å². The van der Waals surface area contributed by atoms with Crippen molar-refractivity contribution >= 4 is 23.3 Å². The Morgan fingerprint density at radius 2 is 1.46 bits per heavy atom. The molecule has 1 saturated heterocycles. The lowest BCUT2D eigenvalue weighted by molar-refractivity contribution is -0.468. The fourth-order valence-corrected chi connectivity index (χ4v) is 8.12. The van der Waals surface area contributed by atoms with Crippen LogP contribution in [0.15, 0.2) is 103 Å². The van der Waals surface area contributed by atoms with E-state index in [2.05, 4.69) is 166 Å². The molecule has 1 aromatic carbocycles. The highest BCUT2D eigenvalue weighted by atomic mass is 16.1. The van der Waals surface area contributed by atoms with Gasteiger partial charge in [-0.1, -0.05) is 235 Å². The molecule has 2 heterocycles. The monoisotopic (exact) mass is 1030 g/mol. The maximum Gasteiger partial charge on any atom is 0.219 e. The number of fused-ring (bicyclic) bond motifs is 5. The number of benzene rings is 1. The van der Waals surface area contributed by atoms with E-state index in [1.807, 2.05) is 95.2 Å². The normalized spacial score (nSPS) is 16.0. The molecule has 74 heavy (non-hydrogen) atoms. The molecule has 3 heteroatoms. The lowest BCUT2D eigenvalue weighted by atomic mass is 9.81. The molecule has 428 valence electrons. The molecule has 2 aliphatic heterocycles. The highest BCUT2D eigenvalue weighted by Crippen LogP contribution is 2.35. The van der Waals surface area contributed by atoms with Crippen molar-refractivity contribution in [2.75, 3.05) is 13.6 Å². The van der Waals surface area contributed by atoms with Crippen LogP contribution >= 0.6 is 0 Å². The molecule has 4 atom stereocenters. The van der Waals surface area contributed by atoms with Gasteiger partial charge in [0.15, 0.2) is 12.2 Å². The van der Waals surface area contributed by atoms with Crippen molar-refractivity contribution in [3.8, 4) is 12.8 Å². The molecule has 0 radical (unpaired) electrons. The molecule has 0 saturated carbocycles. The molecule has 1 fully saturated rings. The molecule has 3 aliphatic rings. The van der Waals surface area contributed by atoms with E-state index in [-0.39, 0.29) is 5.91 Å². The third kappa shape index (κ3) is 46.4. The number of hydrogen-bond acceptors (Lipinski definition) is 1. The number of nitrogens with one attached hydrogen (secondary N) is 1. The van der Waals surface area contributed by atoms with E-state index < -0.39 is 0 Å². The summed E-state index contributed by atoms with van der Waals surface area (Å²) in [4.78, 5) is 10.1. The summed E-state index contributed by atoms with van der Waals surface area (Å²) in [7, 11) is 1.63. The van der Waals surface area contributed by atoms with Crippen LogP contribution in [0.1, 0.15) is 271 Å². The lowest BCUT2D eigenvalue weighted by Gasteiger charge is -2.26. The maximum absolute atomic E-state index is 10.1. The first kappa shape index (κ1) is 83.8. The number of hydrogen-bond donors (Lipinski definition) is 1. The van der Waals surface area contributed by atoms with Crippen molar-refractivity contribution in [1.82, 2.24) is 5.32 Å². The predicted molar refractivity (Wildman–Crippen MR) is 348 cm³/mol. The summed E-state index contributed by atoms with van der Waals surface area (Å²) in [6.45, 7) is 56.8. The SMILES string of the molecule is C#C.C=C(C)c1ccc(/C(=C/CCCC(C)CCC)CCC)cc1CC.C=CCC/C=C\C.C=CCCC.CC.CC.CC.CC.CC.CC1=CC=C2C[C@H]1CC(C)CCC1=CC(C)CC=[N+]2C1.CCC(=O)NC. The Kier molecular flexibility index (Phi) is 73.6. The zero-order valence-corrected chi connectivity index (χ0v) is 53.8. The summed E-state index contributed by atoms with van der Waals surface area (Å²) in [5.74, 6) is 3.28. The average Bonchev–Trinajstić information content (AvgIpc) is 3.63. The topological polar surface area (TPSA) is 32.1 Å². The molecule has 1 aliphatic carbocycles. The van der Waals surface area contributed by atoms with Crippen molar-refractivity contribution < 1.29 is 9.37 Å². The zero-order chi connectivity index (χ0) is 58.7. The van der Waals surface area contributed by atoms with Crippen LogP contribution in [0, 0.1) is 36.5 Å². The summed E-state index contributed by atoms with van der Waals surface area (Å²) >= 11 is 0. The number of carbonyl (C=O) groups is 1. The summed E-state index contributed by atoms with van der Waals surface area (Å²) in [6, 6.07) is 6.96. The van der Waals surface area contributed by atoms with Gasteiger partial charge in [0.1, 0.15) is 6.21 Å². The molecule has 4 rings (SSSR count). The van der Waals surface area contributed by atoms with E-state index >= 15 is 0 Å². The summed E-state index contributed by atoms with van der Waals surface area (Å²) in [6.07, 6.45) is 49.9. The van der Waals surface area contributed by atoms with Gasteiger partial charge in [-0.2, -0.15) is 0 Å². The predicted octanol–water partition coefficient (Wildman–Crippen LogP) is 22.8. The van der Waals surface area contributed by atoms with Gasteiger partial charge in [0.25, 0.3) is 0 Å². The van der Waals surface area contributed by atoms with Crippen LogP contribution in [0.5, 0.6) is 0 Å². The third-order valence-electron chi connectivity index (χ3n) is 12.0. The number of carbonyl (C=O) groups excluding carboxylic acids is 1. The second-order valence-corrected chi connectivity index (χ2v) is 18.0. The molecule has 0 spiro atoms. The molecular formula is C71H129N2O+. The van der Waals surface area contributed by atoms with Gasteiger partial charge in [0.2, 0.25) is 5.91 Å². The van der Waals surface area contributed by atoms with Gasteiger partial charge in [0.05, 0.1) is 0 Å². The molecular weight excluding hydrogens is 897 g/mol. The van der Waals surface area contributed by atoms with Crippen LogP contribution in [-0.2, 0) is 11.2 Å². The number of nitrogens with zero attached hydrogens (tertiary/aromatic N) is 1. The largest absolute Gasteiger partial charge is 0.359 e. The first-order valence-corrected chi connectivity index (χ1v) is 30.3. The first-order chi connectivity index (χ1) is 35.8. The fraction of sp³-hybridized carbons (Fsp3) is 0.634. The van der Waals surface area contributed by atoms with Crippen LogP contribution in [0.3, 0.4) is 0 Å². The molecule has 0 aromatic heterocycles. The average molecular weight is 1030 g/mol. The molecule has 1 amide bonds. The minimum atomic E-state index is 0.0926. The van der Waals surface area contributed by atoms with Crippen LogP contribution in [0.2, 0.25) is 0 Å². The Morgan fingerprint density at radius 3 is 1.92 bits per heavy atom. The molecule has 3 unspecified atom stereocenters. The van der Waals surface area contributed by atoms with Crippen molar-refractivity contribution in [1.29, 1.82) is 0 Å². The second-order valence-electron chi connectivity index (χ2n) is 18.0. The Hall–Kier alpha value is -4.16. The maximum atomic E-state index is 10.1. The number of aryl methyl sites for hydroxylation is 1. The van der Waals surface area contributed by atoms with Gasteiger partial charge in [-0.3, -0.25) is 4.79 Å². The third-order valence-corrected chi connectivity index (χ3v) is 12.0. The molecule has 1 N–H and O–H groups in total. The molecule has 4 bridgehead atoms. The van der Waals surface area contributed by atoms with Crippen LogP contribution in [-0.4, -0.2) is 30.3 Å². The Bertz CT molecular complexity index is 1650. The van der Waals surface area contributed by atoms with Gasteiger partial charge in [0, 0.05) is 32.4 Å². The van der Waals surface area contributed by atoms with E-state index in [0.29, 0.717) is 12.3 Å². The van der Waals surface area contributed by atoms with Crippen LogP contribution < -0.4 is 5.32 Å². The second kappa shape index (κ2) is 65.0.